The van der Waals surface area contributed by atoms with Gasteiger partial charge in [-0.25, -0.2) is 13.4 Å². The standard InChI is InChI=1S/C19H22ClN3O3S/c1-14(2)15-5-7-16(8-6-15)27(25,26)23-12-10-22(11-13-23)19(24)17-4-3-9-21-18(17)20/h3-9,14H,10-13H2,1-2H3. The van der Waals surface area contributed by atoms with Crippen LogP contribution in [-0.2, 0) is 10.0 Å². The van der Waals surface area contributed by atoms with Gasteiger partial charge in [0.2, 0.25) is 10.0 Å². The number of amides is 1. The lowest BCUT2D eigenvalue weighted by molar-refractivity contribution is 0.0697. The van der Waals surface area contributed by atoms with Crippen LogP contribution in [0, 0.1) is 0 Å². The summed E-state index contributed by atoms with van der Waals surface area (Å²) in [5, 5.41) is 0.155. The van der Waals surface area contributed by atoms with Gasteiger partial charge in [-0.2, -0.15) is 4.31 Å². The Labute approximate surface area is 164 Å². The Morgan fingerprint density at radius 1 is 1.07 bits per heavy atom. The van der Waals surface area contributed by atoms with E-state index in [9.17, 15) is 13.2 Å². The second kappa shape index (κ2) is 7.96. The van der Waals surface area contributed by atoms with Crippen LogP contribution in [0.2, 0.25) is 5.15 Å². The summed E-state index contributed by atoms with van der Waals surface area (Å²) >= 11 is 5.99. The lowest BCUT2D eigenvalue weighted by Crippen LogP contribution is -2.50. The highest BCUT2D eigenvalue weighted by Gasteiger charge is 2.31. The van der Waals surface area contributed by atoms with Gasteiger partial charge in [-0.3, -0.25) is 4.79 Å². The summed E-state index contributed by atoms with van der Waals surface area (Å²) in [7, 11) is -3.57. The van der Waals surface area contributed by atoms with E-state index in [2.05, 4.69) is 18.8 Å². The molecule has 1 saturated heterocycles. The SMILES string of the molecule is CC(C)c1ccc(S(=O)(=O)N2CCN(C(=O)c3cccnc3Cl)CC2)cc1. The van der Waals surface area contributed by atoms with Gasteiger partial charge in [0.15, 0.2) is 0 Å². The van der Waals surface area contributed by atoms with Crippen LogP contribution in [0.1, 0.15) is 35.7 Å². The van der Waals surface area contributed by atoms with Crippen LogP contribution < -0.4 is 0 Å². The van der Waals surface area contributed by atoms with Crippen molar-refractivity contribution in [1.82, 2.24) is 14.2 Å². The highest BCUT2D eigenvalue weighted by Crippen LogP contribution is 2.22. The van der Waals surface area contributed by atoms with Gasteiger partial charge >= 0.3 is 0 Å². The van der Waals surface area contributed by atoms with E-state index < -0.39 is 10.0 Å². The lowest BCUT2D eigenvalue weighted by Gasteiger charge is -2.34. The van der Waals surface area contributed by atoms with Gasteiger partial charge in [-0.05, 0) is 35.7 Å². The Morgan fingerprint density at radius 2 is 1.70 bits per heavy atom. The van der Waals surface area contributed by atoms with E-state index in [1.165, 1.54) is 10.5 Å². The fraction of sp³-hybridized carbons (Fsp3) is 0.368. The number of aromatic nitrogens is 1. The second-order valence-electron chi connectivity index (χ2n) is 6.76. The molecule has 1 aromatic heterocycles. The molecule has 0 atom stereocenters. The number of benzene rings is 1. The van der Waals surface area contributed by atoms with E-state index in [1.54, 1.807) is 29.2 Å². The molecule has 1 aromatic carbocycles. The van der Waals surface area contributed by atoms with Gasteiger partial charge in [0, 0.05) is 32.4 Å². The van der Waals surface area contributed by atoms with E-state index in [0.29, 0.717) is 24.6 Å². The molecule has 2 aromatic rings. The molecule has 0 unspecified atom stereocenters. The number of hydrogen-bond acceptors (Lipinski definition) is 4. The predicted octanol–water partition coefficient (Wildman–Crippen LogP) is 3.01. The average Bonchev–Trinajstić information content (AvgIpc) is 2.68. The summed E-state index contributed by atoms with van der Waals surface area (Å²) in [6, 6.07) is 10.3. The quantitative estimate of drug-likeness (QED) is 0.730. The first-order valence-electron chi connectivity index (χ1n) is 8.80. The third kappa shape index (κ3) is 4.15. The average molecular weight is 408 g/mol. The van der Waals surface area contributed by atoms with Crippen LogP contribution in [0.15, 0.2) is 47.5 Å². The second-order valence-corrected chi connectivity index (χ2v) is 9.06. The molecule has 144 valence electrons. The topological polar surface area (TPSA) is 70.6 Å². The van der Waals surface area contributed by atoms with Crippen molar-refractivity contribution in [2.45, 2.75) is 24.7 Å². The molecular formula is C19H22ClN3O3S. The number of nitrogens with zero attached hydrogens (tertiary/aromatic N) is 3. The summed E-state index contributed by atoms with van der Waals surface area (Å²) in [4.78, 5) is 18.4. The molecule has 1 aliphatic rings. The zero-order valence-corrected chi connectivity index (χ0v) is 16.9. The summed E-state index contributed by atoms with van der Waals surface area (Å²) in [6.45, 7) is 5.25. The van der Waals surface area contributed by atoms with Crippen LogP contribution in [0.3, 0.4) is 0 Å². The van der Waals surface area contributed by atoms with Gasteiger partial charge in [0.25, 0.3) is 5.91 Å². The van der Waals surface area contributed by atoms with Gasteiger partial charge in [0.05, 0.1) is 10.5 Å². The van der Waals surface area contributed by atoms with E-state index in [-0.39, 0.29) is 29.0 Å². The molecule has 0 spiro atoms. The molecule has 8 heteroatoms. The fourth-order valence-electron chi connectivity index (χ4n) is 3.02. The summed E-state index contributed by atoms with van der Waals surface area (Å²) in [5.41, 5.74) is 1.43. The first kappa shape index (κ1) is 19.8. The van der Waals surface area contributed by atoms with E-state index >= 15 is 0 Å². The lowest BCUT2D eigenvalue weighted by atomic mass is 10.0. The summed E-state index contributed by atoms with van der Waals surface area (Å²) in [6.07, 6.45) is 1.52. The minimum atomic E-state index is -3.57. The molecule has 6 nitrogen and oxygen atoms in total. The number of halogens is 1. The Morgan fingerprint density at radius 3 is 2.26 bits per heavy atom. The van der Waals surface area contributed by atoms with E-state index in [4.69, 9.17) is 11.6 Å². The molecule has 3 rings (SSSR count). The van der Waals surface area contributed by atoms with Crippen molar-refractivity contribution in [2.75, 3.05) is 26.2 Å². The van der Waals surface area contributed by atoms with Crippen molar-refractivity contribution in [3.8, 4) is 0 Å². The number of hydrogen-bond donors (Lipinski definition) is 0. The number of rotatable bonds is 4. The molecule has 0 bridgehead atoms. The zero-order chi connectivity index (χ0) is 19.6. The first-order valence-corrected chi connectivity index (χ1v) is 10.6. The summed E-state index contributed by atoms with van der Waals surface area (Å²) in [5.74, 6) is 0.113. The Kier molecular flexibility index (Phi) is 5.83. The third-order valence-electron chi connectivity index (χ3n) is 4.70. The van der Waals surface area contributed by atoms with Crippen LogP contribution in [0.25, 0.3) is 0 Å². The highest BCUT2D eigenvalue weighted by atomic mass is 35.5. The molecule has 0 aliphatic carbocycles. The van der Waals surface area contributed by atoms with Gasteiger partial charge in [-0.1, -0.05) is 37.6 Å². The van der Waals surface area contributed by atoms with Crippen molar-refractivity contribution in [2.24, 2.45) is 0 Å². The van der Waals surface area contributed by atoms with Crippen molar-refractivity contribution in [1.29, 1.82) is 0 Å². The fourth-order valence-corrected chi connectivity index (χ4v) is 4.64. The maximum atomic E-state index is 12.9. The first-order chi connectivity index (χ1) is 12.8. The molecule has 27 heavy (non-hydrogen) atoms. The maximum absolute atomic E-state index is 12.9. The van der Waals surface area contributed by atoms with Gasteiger partial charge < -0.3 is 4.90 Å². The van der Waals surface area contributed by atoms with Crippen LogP contribution in [0.5, 0.6) is 0 Å². The molecule has 0 saturated carbocycles. The molecule has 0 N–H and O–H groups in total. The zero-order valence-electron chi connectivity index (χ0n) is 15.3. The van der Waals surface area contributed by atoms with Crippen LogP contribution >= 0.6 is 11.6 Å². The van der Waals surface area contributed by atoms with Gasteiger partial charge in [-0.15, -0.1) is 0 Å². The molecule has 1 amide bonds. The number of pyridine rings is 1. The Balaban J connectivity index is 1.69. The minimum absolute atomic E-state index is 0.155. The van der Waals surface area contributed by atoms with E-state index in [1.807, 2.05) is 12.1 Å². The van der Waals surface area contributed by atoms with Gasteiger partial charge in [0.1, 0.15) is 5.15 Å². The van der Waals surface area contributed by atoms with Crippen LogP contribution in [0.4, 0.5) is 0 Å². The largest absolute Gasteiger partial charge is 0.336 e. The molecular weight excluding hydrogens is 386 g/mol. The van der Waals surface area contributed by atoms with Crippen LogP contribution in [-0.4, -0.2) is 54.7 Å². The van der Waals surface area contributed by atoms with E-state index in [0.717, 1.165) is 5.56 Å². The maximum Gasteiger partial charge on any atom is 0.257 e. The summed E-state index contributed by atoms with van der Waals surface area (Å²) < 4.78 is 27.1. The predicted molar refractivity (Wildman–Crippen MR) is 104 cm³/mol. The molecule has 2 heterocycles. The monoisotopic (exact) mass is 407 g/mol. The molecule has 0 radical (unpaired) electrons. The Hall–Kier alpha value is -1.96. The number of piperazine rings is 1. The number of carbonyl (C=O) groups excluding carboxylic acids is 1. The Bertz CT molecular complexity index is 921. The van der Waals surface area contributed by atoms with Crippen molar-refractivity contribution < 1.29 is 13.2 Å². The van der Waals surface area contributed by atoms with Crippen molar-refractivity contribution in [3.63, 3.8) is 0 Å². The number of sulfonamides is 1. The minimum Gasteiger partial charge on any atom is -0.336 e. The normalized spacial score (nSPS) is 15.9. The molecule has 1 aliphatic heterocycles. The highest BCUT2D eigenvalue weighted by molar-refractivity contribution is 7.89. The molecule has 1 fully saturated rings. The third-order valence-corrected chi connectivity index (χ3v) is 6.91. The van der Waals surface area contributed by atoms with Crippen molar-refractivity contribution in [3.05, 3.63) is 58.9 Å². The smallest absolute Gasteiger partial charge is 0.257 e. The number of carbonyl (C=O) groups is 1. The van der Waals surface area contributed by atoms with Crippen molar-refractivity contribution >= 4 is 27.5 Å².